The predicted molar refractivity (Wildman–Crippen MR) is 35.4 cm³/mol. The lowest BCUT2D eigenvalue weighted by atomic mass is 10.5. The van der Waals surface area contributed by atoms with Gasteiger partial charge in [-0.2, -0.15) is 9.48 Å². The lowest BCUT2D eigenvalue weighted by Gasteiger charge is -2.23. The topological polar surface area (TPSA) is 29.5 Å². The van der Waals surface area contributed by atoms with E-state index in [1.807, 2.05) is 28.1 Å². The molecule has 0 aromatic rings. The second-order valence-electron chi connectivity index (χ2n) is 2.86. The van der Waals surface area contributed by atoms with Crippen LogP contribution in [0.2, 0.25) is 0 Å². The fourth-order valence-corrected chi connectivity index (χ4v) is 0.440. The molecule has 0 heterocycles. The third-order valence-corrected chi connectivity index (χ3v) is 0.787. The Balaban J connectivity index is 3.47. The van der Waals surface area contributed by atoms with Gasteiger partial charge in [0.1, 0.15) is 0 Å². The van der Waals surface area contributed by atoms with E-state index in [2.05, 4.69) is 0 Å². The molecular formula is C6H16NO2+. The van der Waals surface area contributed by atoms with Crippen LogP contribution in [0.25, 0.3) is 0 Å². The zero-order valence-electron chi connectivity index (χ0n) is 6.59. The van der Waals surface area contributed by atoms with Crippen LogP contribution in [0.5, 0.6) is 0 Å². The van der Waals surface area contributed by atoms with Gasteiger partial charge in [0.25, 0.3) is 0 Å². The molecule has 0 saturated heterocycles. The molecule has 1 atom stereocenters. The molecule has 0 fully saturated rings. The molecule has 1 unspecified atom stereocenters. The summed E-state index contributed by atoms with van der Waals surface area (Å²) in [4.78, 5) is 5.08. The summed E-state index contributed by atoms with van der Waals surface area (Å²) in [5.74, 6) is 0. The molecule has 0 amide bonds. The lowest BCUT2D eigenvalue weighted by Crippen LogP contribution is -2.38. The molecule has 0 saturated carbocycles. The molecule has 1 N–H and O–H groups in total. The fourth-order valence-electron chi connectivity index (χ4n) is 0.440. The molecule has 9 heavy (non-hydrogen) atoms. The molecule has 0 radical (unpaired) electrons. The van der Waals surface area contributed by atoms with Gasteiger partial charge < -0.3 is 5.11 Å². The summed E-state index contributed by atoms with van der Waals surface area (Å²) in [6.07, 6.45) is 0.000185. The Bertz CT molecular complexity index is 77.6. The Morgan fingerprint density at radius 1 is 1.44 bits per heavy atom. The van der Waals surface area contributed by atoms with Crippen LogP contribution >= 0.6 is 0 Å². The number of nitrogens with zero attached hydrogens (tertiary/aromatic N) is 1. The number of hydrogen-bond acceptors (Lipinski definition) is 2. The van der Waals surface area contributed by atoms with Crippen LogP contribution in [-0.2, 0) is 4.84 Å². The van der Waals surface area contributed by atoms with Crippen molar-refractivity contribution < 1.29 is 14.6 Å². The average Bonchev–Trinajstić information content (AvgIpc) is 1.62. The van der Waals surface area contributed by atoms with E-state index in [4.69, 9.17) is 9.94 Å². The summed E-state index contributed by atoms with van der Waals surface area (Å²) >= 11 is 0. The molecule has 0 aliphatic heterocycles. The van der Waals surface area contributed by atoms with Gasteiger partial charge in [0.2, 0.25) is 6.29 Å². The van der Waals surface area contributed by atoms with Gasteiger partial charge in [-0.3, -0.25) is 0 Å². The van der Waals surface area contributed by atoms with E-state index >= 15 is 0 Å². The van der Waals surface area contributed by atoms with Crippen LogP contribution in [0.15, 0.2) is 0 Å². The van der Waals surface area contributed by atoms with E-state index in [1.54, 1.807) is 0 Å². The van der Waals surface area contributed by atoms with Gasteiger partial charge in [-0.25, -0.2) is 0 Å². The Kier molecular flexibility index (Phi) is 3.11. The second kappa shape index (κ2) is 3.15. The van der Waals surface area contributed by atoms with Crippen molar-refractivity contribution in [3.8, 4) is 0 Å². The van der Waals surface area contributed by atoms with E-state index in [0.29, 0.717) is 11.1 Å². The zero-order chi connectivity index (χ0) is 7.49. The van der Waals surface area contributed by atoms with Gasteiger partial charge in [-0.1, -0.05) is 6.92 Å². The van der Waals surface area contributed by atoms with Crippen molar-refractivity contribution in [3.05, 3.63) is 0 Å². The minimum absolute atomic E-state index is 0.342. The lowest BCUT2D eigenvalue weighted by molar-refractivity contribution is -1.07. The second-order valence-corrected chi connectivity index (χ2v) is 2.86. The molecular weight excluding hydrogens is 118 g/mol. The summed E-state index contributed by atoms with van der Waals surface area (Å²) in [5.41, 5.74) is 0. The number of rotatable bonds is 3. The summed E-state index contributed by atoms with van der Waals surface area (Å²) in [6.45, 7) is 1.88. The van der Waals surface area contributed by atoms with Crippen LogP contribution in [-0.4, -0.2) is 37.2 Å². The summed E-state index contributed by atoms with van der Waals surface area (Å²) in [6, 6.07) is 0. The van der Waals surface area contributed by atoms with Gasteiger partial charge in [-0.05, 0) is 0 Å². The van der Waals surface area contributed by atoms with Crippen LogP contribution in [0, 0.1) is 0 Å². The standard InChI is InChI=1S/C6H16NO2/c1-5-6(8)9-7(2,3)4/h6,8H,5H2,1-4H3/q+1. The highest BCUT2D eigenvalue weighted by atomic mass is 16.8. The first kappa shape index (κ1) is 8.88. The fraction of sp³-hybridized carbons (Fsp3) is 1.00. The van der Waals surface area contributed by atoms with Crippen molar-refractivity contribution in [1.29, 1.82) is 0 Å². The Morgan fingerprint density at radius 2 is 1.89 bits per heavy atom. The van der Waals surface area contributed by atoms with Gasteiger partial charge in [0.15, 0.2) is 0 Å². The molecule has 0 aromatic carbocycles. The van der Waals surface area contributed by atoms with Crippen molar-refractivity contribution in [2.45, 2.75) is 19.6 Å². The smallest absolute Gasteiger partial charge is 0.212 e. The minimum Gasteiger partial charge on any atom is -0.363 e. The number of aliphatic hydroxyl groups is 1. The van der Waals surface area contributed by atoms with Gasteiger partial charge in [0, 0.05) is 6.42 Å². The zero-order valence-corrected chi connectivity index (χ0v) is 6.59. The largest absolute Gasteiger partial charge is 0.363 e. The monoisotopic (exact) mass is 134 g/mol. The number of aliphatic hydroxyl groups excluding tert-OH is 1. The van der Waals surface area contributed by atoms with E-state index in [9.17, 15) is 0 Å². The number of hydrogen-bond donors (Lipinski definition) is 1. The third-order valence-electron chi connectivity index (χ3n) is 0.787. The molecule has 0 aliphatic rings. The van der Waals surface area contributed by atoms with Crippen LogP contribution in [0.4, 0.5) is 0 Å². The molecule has 0 aliphatic carbocycles. The van der Waals surface area contributed by atoms with Crippen molar-refractivity contribution >= 4 is 0 Å². The molecule has 0 aromatic heterocycles. The van der Waals surface area contributed by atoms with Gasteiger partial charge in [0.05, 0.1) is 21.1 Å². The van der Waals surface area contributed by atoms with Crippen molar-refractivity contribution in [2.24, 2.45) is 0 Å². The van der Waals surface area contributed by atoms with Crippen LogP contribution in [0.1, 0.15) is 13.3 Å². The summed E-state index contributed by atoms with van der Waals surface area (Å²) in [5, 5.41) is 8.96. The van der Waals surface area contributed by atoms with Crippen molar-refractivity contribution in [2.75, 3.05) is 21.1 Å². The minimum atomic E-state index is -0.634. The first-order valence-electron chi connectivity index (χ1n) is 3.13. The Hall–Kier alpha value is -0.120. The Morgan fingerprint density at radius 3 is 2.00 bits per heavy atom. The predicted octanol–water partition coefficient (Wildman–Crippen LogP) is 0.353. The highest BCUT2D eigenvalue weighted by Crippen LogP contribution is 1.99. The first-order valence-corrected chi connectivity index (χ1v) is 3.13. The van der Waals surface area contributed by atoms with Crippen molar-refractivity contribution in [3.63, 3.8) is 0 Å². The van der Waals surface area contributed by atoms with Crippen LogP contribution < -0.4 is 0 Å². The van der Waals surface area contributed by atoms with E-state index in [0.717, 1.165) is 0 Å². The number of hydroxylamine groups is 3. The maximum atomic E-state index is 8.96. The number of quaternary nitrogens is 1. The quantitative estimate of drug-likeness (QED) is 0.343. The van der Waals surface area contributed by atoms with Gasteiger partial charge >= 0.3 is 0 Å². The highest BCUT2D eigenvalue weighted by Gasteiger charge is 2.13. The molecule has 0 rings (SSSR count). The van der Waals surface area contributed by atoms with E-state index in [1.165, 1.54) is 0 Å². The van der Waals surface area contributed by atoms with Gasteiger partial charge in [-0.15, -0.1) is 0 Å². The summed E-state index contributed by atoms with van der Waals surface area (Å²) in [7, 11) is 5.58. The highest BCUT2D eigenvalue weighted by molar-refractivity contribution is 4.25. The Labute approximate surface area is 56.4 Å². The molecule has 0 spiro atoms. The molecule has 56 valence electrons. The van der Waals surface area contributed by atoms with Crippen molar-refractivity contribution in [1.82, 2.24) is 0 Å². The summed E-state index contributed by atoms with van der Waals surface area (Å²) < 4.78 is 0.342. The normalized spacial score (nSPS) is 15.7. The third kappa shape index (κ3) is 5.76. The SMILES string of the molecule is CCC(O)O[N+](C)(C)C. The van der Waals surface area contributed by atoms with E-state index < -0.39 is 6.29 Å². The van der Waals surface area contributed by atoms with Crippen LogP contribution in [0.3, 0.4) is 0 Å². The molecule has 3 heteroatoms. The van der Waals surface area contributed by atoms with E-state index in [-0.39, 0.29) is 0 Å². The average molecular weight is 134 g/mol. The maximum Gasteiger partial charge on any atom is 0.212 e. The molecule has 3 nitrogen and oxygen atoms in total. The molecule has 0 bridgehead atoms. The first-order chi connectivity index (χ1) is 3.95. The maximum absolute atomic E-state index is 8.96.